The number of fused-ring (bicyclic) bond motifs is 3. The zero-order chi connectivity index (χ0) is 16.7. The summed E-state index contributed by atoms with van der Waals surface area (Å²) in [5.74, 6) is 0.266. The fraction of sp³-hybridized carbons (Fsp3) is 0.250. The van der Waals surface area contributed by atoms with Crippen LogP contribution >= 0.6 is 11.3 Å². The first-order valence-corrected chi connectivity index (χ1v) is 7.94. The minimum absolute atomic E-state index is 0.104. The fourth-order valence-corrected chi connectivity index (χ4v) is 4.57. The molecule has 23 heavy (non-hydrogen) atoms. The van der Waals surface area contributed by atoms with Gasteiger partial charge in [0.05, 0.1) is 12.7 Å². The van der Waals surface area contributed by atoms with Gasteiger partial charge in [0.15, 0.2) is 0 Å². The highest BCUT2D eigenvalue weighted by molar-refractivity contribution is 7.20. The van der Waals surface area contributed by atoms with E-state index in [9.17, 15) is 9.59 Å². The Labute approximate surface area is 137 Å². The summed E-state index contributed by atoms with van der Waals surface area (Å²) in [4.78, 5) is 24.1. The number of amides is 3. The van der Waals surface area contributed by atoms with Gasteiger partial charge in [0.2, 0.25) is 0 Å². The van der Waals surface area contributed by atoms with E-state index in [1.165, 1.54) is 11.3 Å². The van der Waals surface area contributed by atoms with Crippen LogP contribution in [-0.2, 0) is 6.42 Å². The van der Waals surface area contributed by atoms with Gasteiger partial charge in [-0.05, 0) is 29.5 Å². The van der Waals surface area contributed by atoms with Gasteiger partial charge in [-0.25, -0.2) is 4.79 Å². The molecule has 0 fully saturated rings. The van der Waals surface area contributed by atoms with E-state index < -0.39 is 11.9 Å². The van der Waals surface area contributed by atoms with Gasteiger partial charge in [-0.1, -0.05) is 19.1 Å². The van der Waals surface area contributed by atoms with E-state index >= 15 is 0 Å². The van der Waals surface area contributed by atoms with Crippen molar-refractivity contribution in [1.82, 2.24) is 0 Å². The normalized spacial score (nSPS) is 15.5. The van der Waals surface area contributed by atoms with Crippen molar-refractivity contribution in [2.24, 2.45) is 11.5 Å². The van der Waals surface area contributed by atoms with Crippen molar-refractivity contribution >= 4 is 28.3 Å². The molecule has 1 unspecified atom stereocenters. The molecule has 0 bridgehead atoms. The molecule has 0 saturated carbocycles. The average Bonchev–Trinajstić information content (AvgIpc) is 2.85. The molecule has 1 heterocycles. The number of carbonyl (C=O) groups excluding carboxylic acids is 2. The predicted molar refractivity (Wildman–Crippen MR) is 90.2 cm³/mol. The van der Waals surface area contributed by atoms with Crippen LogP contribution in [-0.4, -0.2) is 19.0 Å². The van der Waals surface area contributed by atoms with Crippen LogP contribution in [0, 0.1) is 0 Å². The molecule has 0 radical (unpaired) electrons. The molecule has 6 nitrogen and oxygen atoms in total. The number of hydrogen-bond donors (Lipinski definition) is 3. The topological polar surface area (TPSA) is 107 Å². The first kappa shape index (κ1) is 15.4. The Morgan fingerprint density at radius 1 is 1.35 bits per heavy atom. The van der Waals surface area contributed by atoms with Crippen molar-refractivity contribution in [1.29, 1.82) is 0 Å². The van der Waals surface area contributed by atoms with Gasteiger partial charge in [-0.3, -0.25) is 10.1 Å². The van der Waals surface area contributed by atoms with E-state index in [1.807, 2.05) is 25.1 Å². The smallest absolute Gasteiger partial charge is 0.317 e. The zero-order valence-corrected chi connectivity index (χ0v) is 13.6. The first-order chi connectivity index (χ1) is 10.9. The largest absolute Gasteiger partial charge is 0.496 e. The molecule has 1 aliphatic carbocycles. The van der Waals surface area contributed by atoms with Crippen LogP contribution in [0.1, 0.15) is 34.3 Å². The number of urea groups is 1. The van der Waals surface area contributed by atoms with E-state index in [4.69, 9.17) is 16.2 Å². The summed E-state index contributed by atoms with van der Waals surface area (Å²) >= 11 is 1.30. The van der Waals surface area contributed by atoms with Crippen molar-refractivity contribution in [3.63, 3.8) is 0 Å². The number of thiophene rings is 1. The summed E-state index contributed by atoms with van der Waals surface area (Å²) in [6.07, 6.45) is 0.770. The average molecular weight is 331 g/mol. The van der Waals surface area contributed by atoms with Gasteiger partial charge in [-0.15, -0.1) is 11.3 Å². The summed E-state index contributed by atoms with van der Waals surface area (Å²) in [7, 11) is 1.61. The van der Waals surface area contributed by atoms with Crippen LogP contribution in [0.4, 0.5) is 9.80 Å². The van der Waals surface area contributed by atoms with Crippen LogP contribution in [0.25, 0.3) is 10.4 Å². The van der Waals surface area contributed by atoms with E-state index in [0.29, 0.717) is 10.6 Å². The molecule has 3 amide bonds. The lowest BCUT2D eigenvalue weighted by Crippen LogP contribution is -2.22. The number of nitrogens with two attached hydrogens (primary N) is 2. The number of nitrogens with one attached hydrogen (secondary N) is 1. The third kappa shape index (κ3) is 2.43. The molecule has 0 aliphatic heterocycles. The molecule has 5 N–H and O–H groups in total. The third-order valence-electron chi connectivity index (χ3n) is 4.01. The van der Waals surface area contributed by atoms with Crippen molar-refractivity contribution in [3.05, 3.63) is 34.9 Å². The Morgan fingerprint density at radius 2 is 2.09 bits per heavy atom. The fourth-order valence-electron chi connectivity index (χ4n) is 3.15. The SMILES string of the molecule is COc1cccc2c1-c1sc(NC(N)=O)c(C(N)=O)c1C(C)C2. The van der Waals surface area contributed by atoms with Crippen molar-refractivity contribution < 1.29 is 14.3 Å². The number of benzene rings is 1. The standard InChI is InChI=1S/C16H17N3O3S/c1-7-6-8-4-3-5-9(22-2)11(8)13-10(7)12(14(17)20)15(23-13)19-16(18)21/h3-5,7H,6H2,1-2H3,(H2,17,20)(H3,18,19,21). The van der Waals surface area contributed by atoms with Gasteiger partial charge >= 0.3 is 6.03 Å². The molecule has 1 aliphatic rings. The molecule has 2 aromatic rings. The second kappa shape index (κ2) is 5.58. The molecular weight excluding hydrogens is 314 g/mol. The molecular formula is C16H17N3O3S. The summed E-state index contributed by atoms with van der Waals surface area (Å²) in [6.45, 7) is 2.04. The Kier molecular flexibility index (Phi) is 3.73. The molecule has 1 atom stereocenters. The lowest BCUT2D eigenvalue weighted by molar-refractivity contribution is 0.1000. The number of carbonyl (C=O) groups is 2. The van der Waals surface area contributed by atoms with E-state index in [2.05, 4.69) is 5.32 Å². The minimum Gasteiger partial charge on any atom is -0.496 e. The molecule has 120 valence electrons. The molecule has 0 spiro atoms. The summed E-state index contributed by atoms with van der Waals surface area (Å²) in [5, 5.41) is 2.91. The molecule has 1 aromatic heterocycles. The van der Waals surface area contributed by atoms with Crippen molar-refractivity contribution in [3.8, 4) is 16.2 Å². The van der Waals surface area contributed by atoms with Crippen LogP contribution < -0.4 is 21.5 Å². The Morgan fingerprint density at radius 3 is 2.70 bits per heavy atom. The molecule has 3 rings (SSSR count). The Bertz CT molecular complexity index is 813. The van der Waals surface area contributed by atoms with Crippen LogP contribution in [0.3, 0.4) is 0 Å². The zero-order valence-electron chi connectivity index (χ0n) is 12.8. The Hall–Kier alpha value is -2.54. The summed E-state index contributed by atoms with van der Waals surface area (Å²) in [5.41, 5.74) is 14.1. The number of rotatable bonds is 3. The van der Waals surface area contributed by atoms with Gasteiger partial charge < -0.3 is 16.2 Å². The van der Waals surface area contributed by atoms with Crippen LogP contribution in [0.5, 0.6) is 5.75 Å². The molecule has 1 aromatic carbocycles. The summed E-state index contributed by atoms with van der Waals surface area (Å²) in [6, 6.07) is 5.14. The second-order valence-corrected chi connectivity index (χ2v) is 6.52. The minimum atomic E-state index is -0.723. The molecule has 7 heteroatoms. The van der Waals surface area contributed by atoms with Crippen LogP contribution in [0.15, 0.2) is 18.2 Å². The number of hydrogen-bond acceptors (Lipinski definition) is 4. The van der Waals surface area contributed by atoms with Gasteiger partial charge in [-0.2, -0.15) is 0 Å². The van der Waals surface area contributed by atoms with Crippen molar-refractivity contribution in [2.45, 2.75) is 19.3 Å². The van der Waals surface area contributed by atoms with Gasteiger partial charge in [0, 0.05) is 10.4 Å². The maximum atomic E-state index is 12.0. The monoisotopic (exact) mass is 331 g/mol. The number of ether oxygens (including phenoxy) is 1. The third-order valence-corrected chi connectivity index (χ3v) is 5.15. The number of anilines is 1. The summed E-state index contributed by atoms with van der Waals surface area (Å²) < 4.78 is 5.47. The van der Waals surface area contributed by atoms with Gasteiger partial charge in [0.25, 0.3) is 5.91 Å². The quantitative estimate of drug-likeness (QED) is 0.804. The number of methoxy groups -OCH3 is 1. The lowest BCUT2D eigenvalue weighted by atomic mass is 9.81. The van der Waals surface area contributed by atoms with Crippen LogP contribution in [0.2, 0.25) is 0 Å². The highest BCUT2D eigenvalue weighted by Crippen LogP contribution is 2.51. The highest BCUT2D eigenvalue weighted by Gasteiger charge is 2.33. The van der Waals surface area contributed by atoms with E-state index in [1.54, 1.807) is 7.11 Å². The second-order valence-electron chi connectivity index (χ2n) is 5.50. The van der Waals surface area contributed by atoms with Crippen molar-refractivity contribution in [2.75, 3.05) is 12.4 Å². The Balaban J connectivity index is 2.31. The molecule has 0 saturated heterocycles. The first-order valence-electron chi connectivity index (χ1n) is 7.13. The highest BCUT2D eigenvalue weighted by atomic mass is 32.1. The maximum Gasteiger partial charge on any atom is 0.317 e. The lowest BCUT2D eigenvalue weighted by Gasteiger charge is -2.24. The van der Waals surface area contributed by atoms with E-state index in [-0.39, 0.29) is 5.92 Å². The number of primary amides is 2. The van der Waals surface area contributed by atoms with Gasteiger partial charge in [0.1, 0.15) is 10.8 Å². The maximum absolute atomic E-state index is 12.0. The predicted octanol–water partition coefficient (Wildman–Crippen LogP) is 2.67. The van der Waals surface area contributed by atoms with E-state index in [0.717, 1.165) is 33.7 Å².